The number of para-hydroxylation sites is 2. The van der Waals surface area contributed by atoms with Gasteiger partial charge in [0.2, 0.25) is 0 Å². The van der Waals surface area contributed by atoms with Crippen molar-refractivity contribution in [1.29, 1.82) is 0 Å². The highest BCUT2D eigenvalue weighted by molar-refractivity contribution is 7.11. The third-order valence-electron chi connectivity index (χ3n) is 4.79. The number of likely N-dealkylation sites (N-methyl/N-ethyl adjacent to an activating group) is 1. The summed E-state index contributed by atoms with van der Waals surface area (Å²) in [5, 5.41) is 0. The average Bonchev–Trinajstić information content (AvgIpc) is 3.12. The Kier molecular flexibility index (Phi) is 5.30. The lowest BCUT2D eigenvalue weighted by atomic mass is 10.1. The lowest BCUT2D eigenvalue weighted by molar-refractivity contribution is -0.140. The standard InChI is InChI=1S/C22H23N3O2S/c1-16-10-11-18(28-16)14-25(13-17-7-5-6-12-23-17)22(26)21-15-24(2)19-8-3-4-9-20(19)27-21/h3-12,21H,13-15H2,1-2H3. The van der Waals surface area contributed by atoms with Crippen LogP contribution in [0.5, 0.6) is 5.75 Å². The molecule has 1 aliphatic rings. The number of aromatic nitrogens is 1. The van der Waals surface area contributed by atoms with Gasteiger partial charge < -0.3 is 14.5 Å². The van der Waals surface area contributed by atoms with Gasteiger partial charge in [-0.25, -0.2) is 0 Å². The van der Waals surface area contributed by atoms with E-state index in [1.54, 1.807) is 17.5 Å². The van der Waals surface area contributed by atoms with Gasteiger partial charge in [-0.15, -0.1) is 11.3 Å². The number of anilines is 1. The molecule has 0 saturated carbocycles. The van der Waals surface area contributed by atoms with Gasteiger partial charge in [0, 0.05) is 23.0 Å². The van der Waals surface area contributed by atoms with Crippen LogP contribution in [0.4, 0.5) is 5.69 Å². The second kappa shape index (κ2) is 8.02. The van der Waals surface area contributed by atoms with Crippen molar-refractivity contribution < 1.29 is 9.53 Å². The first-order chi connectivity index (χ1) is 13.6. The Morgan fingerprint density at radius 2 is 2.00 bits per heavy atom. The molecule has 0 bridgehead atoms. The molecule has 0 N–H and O–H groups in total. The zero-order chi connectivity index (χ0) is 19.5. The monoisotopic (exact) mass is 393 g/mol. The van der Waals surface area contributed by atoms with Gasteiger partial charge in [0.15, 0.2) is 6.10 Å². The highest BCUT2D eigenvalue weighted by Crippen LogP contribution is 2.32. The number of benzene rings is 1. The summed E-state index contributed by atoms with van der Waals surface area (Å²) in [4.78, 5) is 24.1. The summed E-state index contributed by atoms with van der Waals surface area (Å²) >= 11 is 1.71. The number of thiophene rings is 1. The van der Waals surface area contributed by atoms with Gasteiger partial charge in [-0.2, -0.15) is 0 Å². The first-order valence-corrected chi connectivity index (χ1v) is 10.1. The van der Waals surface area contributed by atoms with Gasteiger partial charge in [0.05, 0.1) is 31.0 Å². The Balaban J connectivity index is 1.57. The zero-order valence-electron chi connectivity index (χ0n) is 16.0. The maximum Gasteiger partial charge on any atom is 0.266 e. The first kappa shape index (κ1) is 18.5. The molecule has 1 amide bonds. The van der Waals surface area contributed by atoms with Crippen molar-refractivity contribution >= 4 is 22.9 Å². The third-order valence-corrected chi connectivity index (χ3v) is 5.78. The van der Waals surface area contributed by atoms with Crippen molar-refractivity contribution in [2.75, 3.05) is 18.5 Å². The number of hydrogen-bond donors (Lipinski definition) is 0. The number of nitrogens with zero attached hydrogens (tertiary/aromatic N) is 3. The van der Waals surface area contributed by atoms with E-state index in [-0.39, 0.29) is 5.91 Å². The maximum absolute atomic E-state index is 13.4. The molecule has 1 aromatic carbocycles. The number of carbonyl (C=O) groups excluding carboxylic acids is 1. The number of aryl methyl sites for hydroxylation is 1. The summed E-state index contributed by atoms with van der Waals surface area (Å²) in [6.45, 7) is 3.62. The third kappa shape index (κ3) is 4.02. The van der Waals surface area contributed by atoms with Gasteiger partial charge in [0.25, 0.3) is 5.91 Å². The summed E-state index contributed by atoms with van der Waals surface area (Å²) in [5.41, 5.74) is 1.88. The number of amides is 1. The second-order valence-electron chi connectivity index (χ2n) is 6.98. The van der Waals surface area contributed by atoms with E-state index in [0.717, 1.165) is 22.0 Å². The number of hydrogen-bond acceptors (Lipinski definition) is 5. The molecule has 0 fully saturated rings. The van der Waals surface area contributed by atoms with E-state index in [4.69, 9.17) is 4.74 Å². The van der Waals surface area contributed by atoms with Gasteiger partial charge >= 0.3 is 0 Å². The summed E-state index contributed by atoms with van der Waals surface area (Å²) in [5.74, 6) is 0.734. The fourth-order valence-corrected chi connectivity index (χ4v) is 4.31. The molecule has 4 rings (SSSR count). The normalized spacial score (nSPS) is 15.6. The zero-order valence-corrected chi connectivity index (χ0v) is 16.9. The van der Waals surface area contributed by atoms with Crippen molar-refractivity contribution in [3.8, 4) is 5.75 Å². The molecule has 144 valence electrons. The molecule has 0 radical (unpaired) electrons. The number of rotatable bonds is 5. The molecule has 6 heteroatoms. The van der Waals surface area contributed by atoms with Crippen LogP contribution in [-0.2, 0) is 17.9 Å². The van der Waals surface area contributed by atoms with Gasteiger partial charge in [-0.3, -0.25) is 9.78 Å². The van der Waals surface area contributed by atoms with Crippen molar-refractivity contribution in [1.82, 2.24) is 9.88 Å². The van der Waals surface area contributed by atoms with E-state index in [9.17, 15) is 4.79 Å². The molecule has 2 aromatic heterocycles. The fraction of sp³-hybridized carbons (Fsp3) is 0.273. The van der Waals surface area contributed by atoms with E-state index in [0.29, 0.717) is 19.6 Å². The Labute approximate surface area is 169 Å². The van der Waals surface area contributed by atoms with Crippen LogP contribution in [-0.4, -0.2) is 35.5 Å². The molecule has 0 aliphatic carbocycles. The second-order valence-corrected chi connectivity index (χ2v) is 8.35. The Morgan fingerprint density at radius 3 is 2.75 bits per heavy atom. The maximum atomic E-state index is 13.4. The van der Waals surface area contributed by atoms with E-state index in [1.165, 1.54) is 4.88 Å². The Hall–Kier alpha value is -2.86. The van der Waals surface area contributed by atoms with Crippen molar-refractivity contribution in [3.63, 3.8) is 0 Å². The molecule has 0 saturated heterocycles. The van der Waals surface area contributed by atoms with Crippen LogP contribution in [0, 0.1) is 6.92 Å². The van der Waals surface area contributed by atoms with E-state index in [2.05, 4.69) is 28.9 Å². The van der Waals surface area contributed by atoms with Gasteiger partial charge in [-0.05, 0) is 43.3 Å². The molecule has 3 aromatic rings. The molecular formula is C22H23N3O2S. The largest absolute Gasteiger partial charge is 0.477 e. The Bertz CT molecular complexity index is 957. The SMILES string of the molecule is Cc1ccc(CN(Cc2ccccn2)C(=O)C2CN(C)c3ccccc3O2)s1. The molecule has 28 heavy (non-hydrogen) atoms. The highest BCUT2D eigenvalue weighted by Gasteiger charge is 2.32. The molecule has 1 aliphatic heterocycles. The summed E-state index contributed by atoms with van der Waals surface area (Å²) in [6.07, 6.45) is 1.22. The molecule has 1 atom stereocenters. The lowest BCUT2D eigenvalue weighted by Gasteiger charge is -2.35. The van der Waals surface area contributed by atoms with Crippen LogP contribution in [0.3, 0.4) is 0 Å². The molecule has 3 heterocycles. The van der Waals surface area contributed by atoms with E-state index < -0.39 is 6.10 Å². The van der Waals surface area contributed by atoms with Crippen LogP contribution in [0.25, 0.3) is 0 Å². The van der Waals surface area contributed by atoms with Crippen LogP contribution >= 0.6 is 11.3 Å². The predicted octanol–water partition coefficient (Wildman–Crippen LogP) is 3.88. The average molecular weight is 394 g/mol. The summed E-state index contributed by atoms with van der Waals surface area (Å²) in [7, 11) is 1.99. The minimum absolute atomic E-state index is 0.0157. The van der Waals surface area contributed by atoms with Crippen molar-refractivity contribution in [3.05, 3.63) is 76.2 Å². The molecule has 1 unspecified atom stereocenters. The molecular weight excluding hydrogens is 370 g/mol. The molecule has 5 nitrogen and oxygen atoms in total. The minimum Gasteiger partial charge on any atom is -0.477 e. The van der Waals surface area contributed by atoms with Crippen LogP contribution in [0.1, 0.15) is 15.4 Å². The smallest absolute Gasteiger partial charge is 0.266 e. The van der Waals surface area contributed by atoms with Crippen LogP contribution in [0.2, 0.25) is 0 Å². The number of carbonyl (C=O) groups is 1. The minimum atomic E-state index is -0.537. The van der Waals surface area contributed by atoms with Crippen molar-refractivity contribution in [2.45, 2.75) is 26.1 Å². The highest BCUT2D eigenvalue weighted by atomic mass is 32.1. The fourth-order valence-electron chi connectivity index (χ4n) is 3.40. The summed E-state index contributed by atoms with van der Waals surface area (Å²) in [6, 6.07) is 17.8. The number of pyridine rings is 1. The first-order valence-electron chi connectivity index (χ1n) is 9.31. The predicted molar refractivity (Wildman–Crippen MR) is 112 cm³/mol. The summed E-state index contributed by atoms with van der Waals surface area (Å²) < 4.78 is 6.08. The quantitative estimate of drug-likeness (QED) is 0.660. The van der Waals surface area contributed by atoms with Crippen LogP contribution in [0.15, 0.2) is 60.8 Å². The number of ether oxygens (including phenoxy) is 1. The molecule has 0 spiro atoms. The van der Waals surface area contributed by atoms with Gasteiger partial charge in [0.1, 0.15) is 5.75 Å². The van der Waals surface area contributed by atoms with E-state index >= 15 is 0 Å². The Morgan fingerprint density at radius 1 is 1.18 bits per heavy atom. The van der Waals surface area contributed by atoms with E-state index in [1.807, 2.05) is 54.4 Å². The number of fused-ring (bicyclic) bond motifs is 1. The van der Waals surface area contributed by atoms with Crippen LogP contribution < -0.4 is 9.64 Å². The van der Waals surface area contributed by atoms with Gasteiger partial charge in [-0.1, -0.05) is 18.2 Å². The topological polar surface area (TPSA) is 45.7 Å². The van der Waals surface area contributed by atoms with Crippen molar-refractivity contribution in [2.24, 2.45) is 0 Å². The lowest BCUT2D eigenvalue weighted by Crippen LogP contribution is -2.49.